The molecule has 0 saturated heterocycles. The normalized spacial score (nSPS) is 9.93. The van der Waals surface area contributed by atoms with E-state index in [1.807, 2.05) is 6.92 Å². The highest BCUT2D eigenvalue weighted by Gasteiger charge is 2.05. The van der Waals surface area contributed by atoms with Crippen molar-refractivity contribution in [3.05, 3.63) is 28.5 Å². The second-order valence-corrected chi connectivity index (χ2v) is 3.84. The summed E-state index contributed by atoms with van der Waals surface area (Å²) in [6.07, 6.45) is 1.17. The van der Waals surface area contributed by atoms with Crippen molar-refractivity contribution in [2.24, 2.45) is 0 Å². The summed E-state index contributed by atoms with van der Waals surface area (Å²) in [4.78, 5) is 11.2. The smallest absolute Gasteiger partial charge is 0.224 e. The van der Waals surface area contributed by atoms with Gasteiger partial charge in [-0.15, -0.1) is 0 Å². The third-order valence-corrected chi connectivity index (χ3v) is 2.18. The molecule has 14 heavy (non-hydrogen) atoms. The van der Waals surface area contributed by atoms with Crippen molar-refractivity contribution in [1.82, 2.24) is 0 Å². The Labute approximate surface area is 90.6 Å². The number of anilines is 1. The van der Waals surface area contributed by atoms with Crippen LogP contribution in [0.3, 0.4) is 0 Å². The van der Waals surface area contributed by atoms with E-state index in [2.05, 4.69) is 21.2 Å². The van der Waals surface area contributed by atoms with Crippen LogP contribution < -0.4 is 5.32 Å². The van der Waals surface area contributed by atoms with Crippen molar-refractivity contribution >= 4 is 27.5 Å². The lowest BCUT2D eigenvalue weighted by molar-refractivity contribution is -0.116. The predicted molar refractivity (Wildman–Crippen MR) is 57.6 cm³/mol. The maximum atomic E-state index is 13.2. The fourth-order valence-corrected chi connectivity index (χ4v) is 1.36. The first-order valence-electron chi connectivity index (χ1n) is 4.38. The SMILES string of the molecule is CCCC(=O)Nc1ccc(Br)cc1F. The van der Waals surface area contributed by atoms with Gasteiger partial charge in [-0.2, -0.15) is 0 Å². The van der Waals surface area contributed by atoms with E-state index in [0.717, 1.165) is 6.42 Å². The lowest BCUT2D eigenvalue weighted by Gasteiger charge is -2.05. The maximum Gasteiger partial charge on any atom is 0.224 e. The van der Waals surface area contributed by atoms with E-state index in [1.165, 1.54) is 12.1 Å². The third-order valence-electron chi connectivity index (χ3n) is 1.68. The van der Waals surface area contributed by atoms with Gasteiger partial charge < -0.3 is 5.32 Å². The molecule has 0 aliphatic rings. The molecule has 0 radical (unpaired) electrons. The number of hydrogen-bond donors (Lipinski definition) is 1. The molecule has 2 nitrogen and oxygen atoms in total. The van der Waals surface area contributed by atoms with Gasteiger partial charge in [0.05, 0.1) is 5.69 Å². The molecule has 0 unspecified atom stereocenters. The first-order valence-corrected chi connectivity index (χ1v) is 5.17. The number of halogens is 2. The van der Waals surface area contributed by atoms with Gasteiger partial charge in [-0.3, -0.25) is 4.79 Å². The molecular formula is C10H11BrFNO. The minimum atomic E-state index is -0.427. The summed E-state index contributed by atoms with van der Waals surface area (Å²) in [5.74, 6) is -0.586. The Morgan fingerprint density at radius 1 is 1.57 bits per heavy atom. The van der Waals surface area contributed by atoms with Crippen LogP contribution in [0, 0.1) is 5.82 Å². The van der Waals surface area contributed by atoms with Crippen LogP contribution in [0.4, 0.5) is 10.1 Å². The zero-order chi connectivity index (χ0) is 10.6. The molecule has 1 aromatic carbocycles. The molecule has 76 valence electrons. The predicted octanol–water partition coefficient (Wildman–Crippen LogP) is 3.33. The first-order chi connectivity index (χ1) is 6.63. The minimum Gasteiger partial charge on any atom is -0.324 e. The van der Waals surface area contributed by atoms with Crippen molar-refractivity contribution in [2.75, 3.05) is 5.32 Å². The number of nitrogens with one attached hydrogen (secondary N) is 1. The molecule has 0 spiro atoms. The zero-order valence-electron chi connectivity index (χ0n) is 7.81. The molecular weight excluding hydrogens is 249 g/mol. The summed E-state index contributed by atoms with van der Waals surface area (Å²) in [7, 11) is 0. The van der Waals surface area contributed by atoms with Gasteiger partial charge in [0.2, 0.25) is 5.91 Å². The monoisotopic (exact) mass is 259 g/mol. The Hall–Kier alpha value is -0.900. The van der Waals surface area contributed by atoms with E-state index >= 15 is 0 Å². The average Bonchev–Trinajstić information content (AvgIpc) is 2.10. The molecule has 1 aromatic rings. The summed E-state index contributed by atoms with van der Waals surface area (Å²) < 4.78 is 13.9. The maximum absolute atomic E-state index is 13.2. The Bertz CT molecular complexity index is 341. The van der Waals surface area contributed by atoms with Gasteiger partial charge in [0.1, 0.15) is 5.82 Å². The Kier molecular flexibility index (Phi) is 4.07. The van der Waals surface area contributed by atoms with Gasteiger partial charge >= 0.3 is 0 Å². The number of carbonyl (C=O) groups excluding carboxylic acids is 1. The Balaban J connectivity index is 2.72. The Morgan fingerprint density at radius 2 is 2.29 bits per heavy atom. The van der Waals surface area contributed by atoms with Crippen molar-refractivity contribution < 1.29 is 9.18 Å². The molecule has 0 aliphatic heterocycles. The van der Waals surface area contributed by atoms with Crippen molar-refractivity contribution in [3.63, 3.8) is 0 Å². The topological polar surface area (TPSA) is 29.1 Å². The molecule has 0 fully saturated rings. The summed E-state index contributed by atoms with van der Waals surface area (Å²) in [6, 6.07) is 4.54. The van der Waals surface area contributed by atoms with Crippen LogP contribution in [0.15, 0.2) is 22.7 Å². The van der Waals surface area contributed by atoms with Gasteiger partial charge in [-0.25, -0.2) is 4.39 Å². The lowest BCUT2D eigenvalue weighted by Crippen LogP contribution is -2.11. The van der Waals surface area contributed by atoms with Gasteiger partial charge in [-0.1, -0.05) is 22.9 Å². The van der Waals surface area contributed by atoms with Gasteiger partial charge in [0, 0.05) is 10.9 Å². The fourth-order valence-electron chi connectivity index (χ4n) is 1.03. The second-order valence-electron chi connectivity index (χ2n) is 2.92. The number of amides is 1. The third kappa shape index (κ3) is 3.10. The molecule has 0 bridgehead atoms. The second kappa shape index (κ2) is 5.10. The summed E-state index contributed by atoms with van der Waals surface area (Å²) in [6.45, 7) is 1.90. The molecule has 0 saturated carbocycles. The molecule has 0 atom stereocenters. The summed E-state index contributed by atoms with van der Waals surface area (Å²) in [5.41, 5.74) is 0.228. The highest BCUT2D eigenvalue weighted by molar-refractivity contribution is 9.10. The van der Waals surface area contributed by atoms with E-state index < -0.39 is 5.82 Å². The van der Waals surface area contributed by atoms with E-state index in [1.54, 1.807) is 6.07 Å². The van der Waals surface area contributed by atoms with E-state index in [9.17, 15) is 9.18 Å². The van der Waals surface area contributed by atoms with Crippen molar-refractivity contribution in [2.45, 2.75) is 19.8 Å². The zero-order valence-corrected chi connectivity index (χ0v) is 9.40. The van der Waals surface area contributed by atoms with Crippen LogP contribution in [-0.4, -0.2) is 5.91 Å². The molecule has 1 amide bonds. The van der Waals surface area contributed by atoms with E-state index in [-0.39, 0.29) is 11.6 Å². The summed E-state index contributed by atoms with van der Waals surface area (Å²) >= 11 is 3.14. The lowest BCUT2D eigenvalue weighted by atomic mass is 10.2. The molecule has 1 N–H and O–H groups in total. The standard InChI is InChI=1S/C10H11BrFNO/c1-2-3-10(14)13-9-5-4-7(11)6-8(9)12/h4-6H,2-3H2,1H3,(H,13,14). The quantitative estimate of drug-likeness (QED) is 0.887. The number of benzene rings is 1. The molecule has 4 heteroatoms. The van der Waals surface area contributed by atoms with Gasteiger partial charge in [0.25, 0.3) is 0 Å². The van der Waals surface area contributed by atoms with Crippen LogP contribution >= 0.6 is 15.9 Å². The van der Waals surface area contributed by atoms with Crippen LogP contribution in [0.5, 0.6) is 0 Å². The molecule has 0 aromatic heterocycles. The van der Waals surface area contributed by atoms with Crippen LogP contribution in [0.1, 0.15) is 19.8 Å². The van der Waals surface area contributed by atoms with Crippen LogP contribution in [0.25, 0.3) is 0 Å². The average molecular weight is 260 g/mol. The highest BCUT2D eigenvalue weighted by Crippen LogP contribution is 2.19. The number of rotatable bonds is 3. The van der Waals surface area contributed by atoms with Crippen LogP contribution in [-0.2, 0) is 4.79 Å². The van der Waals surface area contributed by atoms with Gasteiger partial charge in [0.15, 0.2) is 0 Å². The highest BCUT2D eigenvalue weighted by atomic mass is 79.9. The number of carbonyl (C=O) groups is 1. The number of hydrogen-bond acceptors (Lipinski definition) is 1. The first kappa shape index (κ1) is 11.2. The molecule has 0 heterocycles. The van der Waals surface area contributed by atoms with Gasteiger partial charge in [-0.05, 0) is 24.6 Å². The fraction of sp³-hybridized carbons (Fsp3) is 0.300. The van der Waals surface area contributed by atoms with E-state index in [0.29, 0.717) is 10.9 Å². The minimum absolute atomic E-state index is 0.159. The molecule has 1 rings (SSSR count). The molecule has 0 aliphatic carbocycles. The van der Waals surface area contributed by atoms with E-state index in [4.69, 9.17) is 0 Å². The summed E-state index contributed by atoms with van der Waals surface area (Å²) in [5, 5.41) is 2.50. The van der Waals surface area contributed by atoms with Crippen molar-refractivity contribution in [3.8, 4) is 0 Å². The largest absolute Gasteiger partial charge is 0.324 e. The van der Waals surface area contributed by atoms with Crippen LogP contribution in [0.2, 0.25) is 0 Å². The van der Waals surface area contributed by atoms with Crippen molar-refractivity contribution in [1.29, 1.82) is 0 Å². The Morgan fingerprint density at radius 3 is 2.86 bits per heavy atom.